The third kappa shape index (κ3) is 3.83. The first-order valence-corrected chi connectivity index (χ1v) is 11.9. The fraction of sp³-hybridized carbons (Fsp3) is 0.417. The van der Waals surface area contributed by atoms with Gasteiger partial charge in [-0.2, -0.15) is 0 Å². The van der Waals surface area contributed by atoms with Crippen molar-refractivity contribution in [1.29, 1.82) is 0 Å². The third-order valence-electron chi connectivity index (χ3n) is 6.89. The number of para-hydroxylation sites is 1. The van der Waals surface area contributed by atoms with Crippen LogP contribution in [-0.4, -0.2) is 83.2 Å². The minimum atomic E-state index is 0.206. The largest absolute Gasteiger partial charge is 0.507 e. The van der Waals surface area contributed by atoms with E-state index in [0.717, 1.165) is 69.0 Å². The van der Waals surface area contributed by atoms with E-state index in [-0.39, 0.29) is 11.8 Å². The zero-order chi connectivity index (χ0) is 23.1. The summed E-state index contributed by atoms with van der Waals surface area (Å²) in [5, 5.41) is 25.9. The number of aromatic hydroxyl groups is 1. The maximum Gasteiger partial charge on any atom is 0.225 e. The van der Waals surface area contributed by atoms with Crippen molar-refractivity contribution in [2.24, 2.45) is 0 Å². The Balaban J connectivity index is 1.18. The molecule has 6 rings (SSSR count). The number of fused-ring (bicyclic) bond motifs is 3. The molecule has 0 radical (unpaired) electrons. The van der Waals surface area contributed by atoms with Gasteiger partial charge in [-0.3, -0.25) is 0 Å². The van der Waals surface area contributed by atoms with Gasteiger partial charge in [0.1, 0.15) is 5.75 Å². The van der Waals surface area contributed by atoms with Crippen LogP contribution in [0.15, 0.2) is 42.7 Å². The lowest BCUT2D eigenvalue weighted by molar-refractivity contribution is 0.477. The average molecular weight is 460 g/mol. The Labute approximate surface area is 198 Å². The number of hydrogen-bond donors (Lipinski definition) is 3. The van der Waals surface area contributed by atoms with Crippen LogP contribution in [-0.2, 0) is 0 Å². The summed E-state index contributed by atoms with van der Waals surface area (Å²) < 4.78 is 0. The minimum Gasteiger partial charge on any atom is -0.507 e. The van der Waals surface area contributed by atoms with E-state index in [2.05, 4.69) is 42.5 Å². The van der Waals surface area contributed by atoms with Crippen LogP contribution < -0.4 is 25.3 Å². The number of anilines is 4. The first kappa shape index (κ1) is 20.9. The molecule has 5 heterocycles. The van der Waals surface area contributed by atoms with Crippen LogP contribution in [0.25, 0.3) is 11.3 Å². The van der Waals surface area contributed by atoms with Gasteiger partial charge in [0.2, 0.25) is 5.95 Å². The lowest BCUT2D eigenvalue weighted by Gasteiger charge is -2.45. The highest BCUT2D eigenvalue weighted by molar-refractivity contribution is 5.76. The summed E-state index contributed by atoms with van der Waals surface area (Å²) in [4.78, 5) is 16.4. The van der Waals surface area contributed by atoms with Gasteiger partial charge in [0.25, 0.3) is 0 Å². The molecule has 2 aromatic heterocycles. The third-order valence-corrected chi connectivity index (χ3v) is 6.89. The van der Waals surface area contributed by atoms with Crippen molar-refractivity contribution in [3.63, 3.8) is 0 Å². The van der Waals surface area contributed by atoms with Crippen LogP contribution in [0.5, 0.6) is 5.75 Å². The van der Waals surface area contributed by atoms with Gasteiger partial charge in [-0.25, -0.2) is 9.97 Å². The van der Waals surface area contributed by atoms with Crippen molar-refractivity contribution in [3.8, 4) is 17.0 Å². The molecule has 34 heavy (non-hydrogen) atoms. The van der Waals surface area contributed by atoms with E-state index in [9.17, 15) is 5.11 Å². The second-order valence-electron chi connectivity index (χ2n) is 9.20. The number of rotatable bonds is 3. The molecule has 1 aromatic carbocycles. The number of phenols is 1. The van der Waals surface area contributed by atoms with Crippen LogP contribution >= 0.6 is 0 Å². The van der Waals surface area contributed by atoms with Gasteiger partial charge in [0, 0.05) is 57.4 Å². The molecular formula is C24H29N9O. The van der Waals surface area contributed by atoms with Crippen molar-refractivity contribution < 1.29 is 5.11 Å². The first-order chi connectivity index (χ1) is 16.7. The number of phenolic OH excluding ortho intramolecular Hbond substituents is 1. The lowest BCUT2D eigenvalue weighted by atomic mass is 10.1. The van der Waals surface area contributed by atoms with E-state index >= 15 is 0 Å². The molecule has 0 bridgehead atoms. The Morgan fingerprint density at radius 1 is 1.00 bits per heavy atom. The summed E-state index contributed by atoms with van der Waals surface area (Å²) in [7, 11) is 0. The number of nitrogens with one attached hydrogen (secondary N) is 2. The Morgan fingerprint density at radius 3 is 2.68 bits per heavy atom. The SMILES string of the molecule is C[C@H]1CN(c2cnc(N3CCN4c5cc(-c6ccccc6O)nnc5NC[C@H]4C3)nc2)CCN1. The van der Waals surface area contributed by atoms with E-state index in [1.165, 1.54) is 0 Å². The van der Waals surface area contributed by atoms with Crippen LogP contribution in [0.4, 0.5) is 23.1 Å². The van der Waals surface area contributed by atoms with Gasteiger partial charge in [-0.1, -0.05) is 12.1 Å². The predicted molar refractivity (Wildman–Crippen MR) is 133 cm³/mol. The summed E-state index contributed by atoms with van der Waals surface area (Å²) in [5.41, 5.74) is 3.46. The Bertz CT molecular complexity index is 1170. The molecule has 3 N–H and O–H groups in total. The number of aromatic nitrogens is 4. The molecule has 3 aliphatic rings. The second-order valence-corrected chi connectivity index (χ2v) is 9.20. The molecule has 10 nitrogen and oxygen atoms in total. The van der Waals surface area contributed by atoms with Crippen LogP contribution in [0.2, 0.25) is 0 Å². The van der Waals surface area contributed by atoms with Crippen LogP contribution in [0.3, 0.4) is 0 Å². The molecule has 3 aliphatic heterocycles. The number of nitrogens with zero attached hydrogens (tertiary/aromatic N) is 7. The minimum absolute atomic E-state index is 0.206. The molecule has 2 fully saturated rings. The molecule has 2 saturated heterocycles. The smallest absolute Gasteiger partial charge is 0.225 e. The van der Waals surface area contributed by atoms with Gasteiger partial charge in [0.15, 0.2) is 5.82 Å². The van der Waals surface area contributed by atoms with E-state index in [4.69, 9.17) is 9.97 Å². The summed E-state index contributed by atoms with van der Waals surface area (Å²) >= 11 is 0. The maximum absolute atomic E-state index is 10.3. The zero-order valence-corrected chi connectivity index (χ0v) is 19.2. The van der Waals surface area contributed by atoms with Gasteiger partial charge in [-0.05, 0) is 25.1 Å². The molecule has 0 saturated carbocycles. The van der Waals surface area contributed by atoms with Crippen molar-refractivity contribution in [3.05, 3.63) is 42.7 Å². The molecule has 10 heteroatoms. The van der Waals surface area contributed by atoms with Crippen LogP contribution in [0.1, 0.15) is 6.92 Å². The fourth-order valence-corrected chi connectivity index (χ4v) is 5.10. The topological polar surface area (TPSA) is 106 Å². The van der Waals surface area contributed by atoms with E-state index in [1.807, 2.05) is 30.6 Å². The monoisotopic (exact) mass is 459 g/mol. The molecule has 176 valence electrons. The normalized spacial score (nSPS) is 22.1. The number of piperazine rings is 2. The van der Waals surface area contributed by atoms with E-state index in [1.54, 1.807) is 12.1 Å². The quantitative estimate of drug-likeness (QED) is 0.534. The molecule has 0 amide bonds. The van der Waals surface area contributed by atoms with Gasteiger partial charge >= 0.3 is 0 Å². The highest BCUT2D eigenvalue weighted by atomic mass is 16.3. The molecule has 0 spiro atoms. The Hall–Kier alpha value is -3.66. The first-order valence-electron chi connectivity index (χ1n) is 11.9. The van der Waals surface area contributed by atoms with Crippen LogP contribution in [0, 0.1) is 0 Å². The number of benzene rings is 1. The van der Waals surface area contributed by atoms with Crippen molar-refractivity contribution >= 4 is 23.1 Å². The van der Waals surface area contributed by atoms with E-state index in [0.29, 0.717) is 17.3 Å². The molecule has 0 unspecified atom stereocenters. The Morgan fingerprint density at radius 2 is 1.85 bits per heavy atom. The van der Waals surface area contributed by atoms with Crippen molar-refractivity contribution in [2.75, 3.05) is 65.8 Å². The van der Waals surface area contributed by atoms with Gasteiger partial charge in [-0.15, -0.1) is 10.2 Å². The molecule has 3 aromatic rings. The summed E-state index contributed by atoms with van der Waals surface area (Å²) in [6, 6.07) is 9.99. The van der Waals surface area contributed by atoms with Crippen molar-refractivity contribution in [2.45, 2.75) is 19.0 Å². The van der Waals surface area contributed by atoms with Crippen molar-refractivity contribution in [1.82, 2.24) is 25.5 Å². The summed E-state index contributed by atoms with van der Waals surface area (Å²) in [6.45, 7) is 8.41. The number of hydrogen-bond acceptors (Lipinski definition) is 10. The fourth-order valence-electron chi connectivity index (χ4n) is 5.10. The standard InChI is InChI=1S/C24H29N9O/c1-16-14-31(7-6-25-16)17-11-27-24(28-12-17)32-8-9-33-18(15-32)13-26-23-21(33)10-20(29-30-23)19-4-2-3-5-22(19)34/h2-5,10-12,16,18,25,34H,6-9,13-15H2,1H3,(H,26,30)/t16-,18-/m0/s1. The maximum atomic E-state index is 10.3. The summed E-state index contributed by atoms with van der Waals surface area (Å²) in [5.74, 6) is 1.77. The van der Waals surface area contributed by atoms with E-state index < -0.39 is 0 Å². The molecule has 0 aliphatic carbocycles. The lowest BCUT2D eigenvalue weighted by Crippen LogP contribution is -2.58. The average Bonchev–Trinajstić information content (AvgIpc) is 2.88. The highest BCUT2D eigenvalue weighted by Crippen LogP contribution is 2.36. The van der Waals surface area contributed by atoms with Gasteiger partial charge < -0.3 is 30.4 Å². The molecular weight excluding hydrogens is 430 g/mol. The summed E-state index contributed by atoms with van der Waals surface area (Å²) in [6.07, 6.45) is 3.91. The Kier molecular flexibility index (Phi) is 5.29. The van der Waals surface area contributed by atoms with Gasteiger partial charge in [0.05, 0.1) is 35.5 Å². The zero-order valence-electron chi connectivity index (χ0n) is 19.2. The molecule has 2 atom stereocenters. The second kappa shape index (κ2) is 8.60. The highest BCUT2D eigenvalue weighted by Gasteiger charge is 2.34. The predicted octanol–water partition coefficient (Wildman–Crippen LogP) is 1.56.